The molecule has 0 unspecified atom stereocenters. The van der Waals surface area contributed by atoms with Crippen molar-refractivity contribution in [3.05, 3.63) is 29.1 Å². The maximum Gasteiger partial charge on any atom is 0.339 e. The van der Waals surface area contributed by atoms with Crippen LogP contribution in [0.25, 0.3) is 0 Å². The molecule has 0 saturated heterocycles. The van der Waals surface area contributed by atoms with Crippen LogP contribution in [-0.2, 0) is 0 Å². The number of ether oxygens (including phenoxy) is 1. The van der Waals surface area contributed by atoms with E-state index in [1.54, 1.807) is 0 Å². The molecule has 0 aliphatic rings. The van der Waals surface area contributed by atoms with Crippen LogP contribution in [0.15, 0.2) is 12.1 Å². The van der Waals surface area contributed by atoms with Crippen molar-refractivity contribution in [3.8, 4) is 5.75 Å². The molecule has 3 nitrogen and oxygen atoms in total. The van der Waals surface area contributed by atoms with E-state index in [1.165, 1.54) is 0 Å². The van der Waals surface area contributed by atoms with Gasteiger partial charge in [-0.2, -0.15) is 0 Å². The monoisotopic (exact) mass is 220 g/mol. The molecule has 0 bridgehead atoms. The number of methoxy groups -OCH3 is 1. The van der Waals surface area contributed by atoms with Gasteiger partial charge in [-0.25, -0.2) is 18.0 Å². The van der Waals surface area contributed by atoms with Gasteiger partial charge in [-0.15, -0.1) is 0 Å². The third-order valence-corrected chi connectivity index (χ3v) is 1.75. The number of alkyl halides is 2. The first-order valence-electron chi connectivity index (χ1n) is 3.86. The van der Waals surface area contributed by atoms with Crippen molar-refractivity contribution in [3.63, 3.8) is 0 Å². The number of hydrogen-bond acceptors (Lipinski definition) is 2. The number of carboxylic acids is 1. The van der Waals surface area contributed by atoms with Gasteiger partial charge in [0, 0.05) is 0 Å². The summed E-state index contributed by atoms with van der Waals surface area (Å²) in [6, 6.07) is 1.18. The molecule has 0 amide bonds. The first-order valence-corrected chi connectivity index (χ1v) is 3.86. The Labute approximate surface area is 83.1 Å². The maximum atomic E-state index is 12.8. The minimum Gasteiger partial charge on any atom is -0.495 e. The van der Waals surface area contributed by atoms with E-state index >= 15 is 0 Å². The van der Waals surface area contributed by atoms with Gasteiger partial charge < -0.3 is 9.84 Å². The van der Waals surface area contributed by atoms with Gasteiger partial charge in [0.1, 0.15) is 17.1 Å². The Kier molecular flexibility index (Phi) is 3.18. The Balaban J connectivity index is 3.45. The van der Waals surface area contributed by atoms with Crippen LogP contribution in [0.4, 0.5) is 13.2 Å². The highest BCUT2D eigenvalue weighted by molar-refractivity contribution is 5.91. The van der Waals surface area contributed by atoms with Crippen molar-refractivity contribution in [2.75, 3.05) is 7.11 Å². The smallest absolute Gasteiger partial charge is 0.339 e. The van der Waals surface area contributed by atoms with Crippen LogP contribution >= 0.6 is 0 Å². The highest BCUT2D eigenvalue weighted by atomic mass is 19.3. The lowest BCUT2D eigenvalue weighted by atomic mass is 10.1. The summed E-state index contributed by atoms with van der Waals surface area (Å²) in [5.41, 5.74) is -1.39. The Hall–Kier alpha value is -1.72. The van der Waals surface area contributed by atoms with Gasteiger partial charge in [-0.3, -0.25) is 0 Å². The second kappa shape index (κ2) is 4.20. The molecule has 0 aromatic heterocycles. The number of hydrogen-bond donors (Lipinski definition) is 1. The SMILES string of the molecule is COc1c(C(=O)O)cc(F)cc1C(F)F. The molecule has 0 spiro atoms. The lowest BCUT2D eigenvalue weighted by Gasteiger charge is -2.10. The van der Waals surface area contributed by atoms with Gasteiger partial charge in [-0.1, -0.05) is 0 Å². The largest absolute Gasteiger partial charge is 0.495 e. The average molecular weight is 220 g/mol. The van der Waals surface area contributed by atoms with Crippen LogP contribution in [0.5, 0.6) is 5.75 Å². The third-order valence-electron chi connectivity index (χ3n) is 1.75. The number of carboxylic acid groups (broad SMARTS) is 1. The number of aromatic carboxylic acids is 1. The second-order valence-corrected chi connectivity index (χ2v) is 2.68. The molecule has 0 atom stereocenters. The summed E-state index contributed by atoms with van der Waals surface area (Å²) >= 11 is 0. The zero-order chi connectivity index (χ0) is 11.6. The molecule has 0 radical (unpaired) electrons. The first kappa shape index (κ1) is 11.4. The van der Waals surface area contributed by atoms with E-state index in [9.17, 15) is 18.0 Å². The van der Waals surface area contributed by atoms with E-state index in [0.717, 1.165) is 7.11 Å². The number of halogens is 3. The molecule has 0 heterocycles. The molecule has 15 heavy (non-hydrogen) atoms. The lowest BCUT2D eigenvalue weighted by molar-refractivity contribution is 0.0691. The van der Waals surface area contributed by atoms with Crippen molar-refractivity contribution >= 4 is 5.97 Å². The zero-order valence-corrected chi connectivity index (χ0v) is 7.63. The predicted molar refractivity (Wildman–Crippen MR) is 44.9 cm³/mol. The van der Waals surface area contributed by atoms with Gasteiger partial charge in [0.15, 0.2) is 0 Å². The molecule has 6 heteroatoms. The number of carbonyl (C=O) groups is 1. The average Bonchev–Trinajstić information content (AvgIpc) is 2.16. The van der Waals surface area contributed by atoms with E-state index in [1.807, 2.05) is 0 Å². The van der Waals surface area contributed by atoms with Crippen LogP contribution in [0, 0.1) is 5.82 Å². The highest BCUT2D eigenvalue weighted by Gasteiger charge is 2.22. The van der Waals surface area contributed by atoms with E-state index in [4.69, 9.17) is 5.11 Å². The van der Waals surface area contributed by atoms with Gasteiger partial charge in [0.2, 0.25) is 0 Å². The molecule has 82 valence electrons. The summed E-state index contributed by atoms with van der Waals surface area (Å²) in [6.07, 6.45) is -2.99. The standard InChI is InChI=1S/C9H7F3O3/c1-15-7-5(8(11)12)2-4(10)3-6(7)9(13)14/h2-3,8H,1H3,(H,13,14). The van der Waals surface area contributed by atoms with Crippen LogP contribution in [0.3, 0.4) is 0 Å². The number of benzene rings is 1. The fourth-order valence-corrected chi connectivity index (χ4v) is 1.16. The van der Waals surface area contributed by atoms with Crippen molar-refractivity contribution in [1.29, 1.82) is 0 Å². The van der Waals surface area contributed by atoms with Crippen molar-refractivity contribution in [2.24, 2.45) is 0 Å². The molecular weight excluding hydrogens is 213 g/mol. The van der Waals surface area contributed by atoms with Crippen molar-refractivity contribution < 1.29 is 27.8 Å². The van der Waals surface area contributed by atoms with E-state index in [-0.39, 0.29) is 0 Å². The summed E-state index contributed by atoms with van der Waals surface area (Å²) in [4.78, 5) is 10.6. The Bertz CT molecular complexity index is 390. The molecular formula is C9H7F3O3. The zero-order valence-electron chi connectivity index (χ0n) is 7.63. The molecule has 0 saturated carbocycles. The van der Waals surface area contributed by atoms with Crippen LogP contribution in [0.1, 0.15) is 22.3 Å². The topological polar surface area (TPSA) is 46.5 Å². The fraction of sp³-hybridized carbons (Fsp3) is 0.222. The summed E-state index contributed by atoms with van der Waals surface area (Å²) in [5.74, 6) is -3.07. The van der Waals surface area contributed by atoms with Gasteiger partial charge in [0.25, 0.3) is 6.43 Å². The van der Waals surface area contributed by atoms with Gasteiger partial charge in [-0.05, 0) is 12.1 Å². The van der Waals surface area contributed by atoms with Crippen LogP contribution in [-0.4, -0.2) is 18.2 Å². The third kappa shape index (κ3) is 2.20. The van der Waals surface area contributed by atoms with Gasteiger partial charge >= 0.3 is 5.97 Å². The highest BCUT2D eigenvalue weighted by Crippen LogP contribution is 2.32. The molecule has 1 N–H and O–H groups in total. The quantitative estimate of drug-likeness (QED) is 0.851. The summed E-state index contributed by atoms with van der Waals surface area (Å²) in [6.45, 7) is 0. The summed E-state index contributed by atoms with van der Waals surface area (Å²) in [7, 11) is 1.05. The molecule has 0 aliphatic carbocycles. The van der Waals surface area contributed by atoms with Crippen molar-refractivity contribution in [1.82, 2.24) is 0 Å². The fourth-order valence-electron chi connectivity index (χ4n) is 1.16. The molecule has 1 aromatic rings. The molecule has 0 aliphatic heterocycles. The summed E-state index contributed by atoms with van der Waals surface area (Å²) < 4.78 is 42.1. The summed E-state index contributed by atoms with van der Waals surface area (Å²) in [5, 5.41) is 8.64. The lowest BCUT2D eigenvalue weighted by Crippen LogP contribution is -2.05. The minimum absolute atomic E-state index is 0.515. The molecule has 1 aromatic carbocycles. The van der Waals surface area contributed by atoms with E-state index < -0.39 is 35.1 Å². The maximum absolute atomic E-state index is 12.8. The predicted octanol–water partition coefficient (Wildman–Crippen LogP) is 2.47. The van der Waals surface area contributed by atoms with E-state index in [0.29, 0.717) is 12.1 Å². The van der Waals surface area contributed by atoms with Crippen LogP contribution in [0.2, 0.25) is 0 Å². The second-order valence-electron chi connectivity index (χ2n) is 2.68. The Morgan fingerprint density at radius 1 is 1.47 bits per heavy atom. The Morgan fingerprint density at radius 2 is 2.07 bits per heavy atom. The molecule has 1 rings (SSSR count). The van der Waals surface area contributed by atoms with Crippen molar-refractivity contribution in [2.45, 2.75) is 6.43 Å². The van der Waals surface area contributed by atoms with Gasteiger partial charge in [0.05, 0.1) is 12.7 Å². The minimum atomic E-state index is -2.99. The first-order chi connectivity index (χ1) is 6.97. The van der Waals surface area contributed by atoms with Crippen LogP contribution < -0.4 is 4.74 Å². The molecule has 0 fully saturated rings. The Morgan fingerprint density at radius 3 is 2.47 bits per heavy atom. The van der Waals surface area contributed by atoms with E-state index in [2.05, 4.69) is 4.74 Å². The normalized spacial score (nSPS) is 10.5. The number of rotatable bonds is 3.